The van der Waals surface area contributed by atoms with Gasteiger partial charge in [-0.3, -0.25) is 9.59 Å². The van der Waals surface area contributed by atoms with Gasteiger partial charge < -0.3 is 24.6 Å². The second-order valence-corrected chi connectivity index (χ2v) is 12.7. The number of hydrogen-bond donors (Lipinski definition) is 2. The first-order chi connectivity index (χ1) is 21.7. The number of carbonyl (C=O) groups excluding carboxylic acids is 2. The number of nitrogens with zero attached hydrogens (tertiary/aromatic N) is 1. The number of aliphatic hydroxyl groups is 1. The standard InChI is InChI=1S/C34H36BrF3N2O6/c1-32(2,3)46-28(42)17-18-33(31(43)39-21-24-7-4-5-8-27(24)34(36,37)38)29(22-9-13-25(35)14-10-22)45-30(40-33)23-11-15-26(16-12-23)44-20-6-19-41/h4-5,7-16,29,41H,6,17-21H2,1-3H3,(H,39,43)/t29-,33-/m1/s1. The third kappa shape index (κ3) is 8.88. The summed E-state index contributed by atoms with van der Waals surface area (Å²) in [6, 6.07) is 18.8. The van der Waals surface area contributed by atoms with Crippen LogP contribution >= 0.6 is 15.9 Å². The van der Waals surface area contributed by atoms with E-state index < -0.39 is 47.4 Å². The van der Waals surface area contributed by atoms with Crippen LogP contribution in [0.15, 0.2) is 82.3 Å². The van der Waals surface area contributed by atoms with E-state index in [9.17, 15) is 22.8 Å². The van der Waals surface area contributed by atoms with Crippen molar-refractivity contribution in [3.8, 4) is 5.75 Å². The molecule has 0 saturated heterocycles. The predicted octanol–water partition coefficient (Wildman–Crippen LogP) is 6.92. The Hall–Kier alpha value is -3.90. The number of carbonyl (C=O) groups is 2. The van der Waals surface area contributed by atoms with Crippen molar-refractivity contribution in [2.45, 2.75) is 70.0 Å². The number of ether oxygens (including phenoxy) is 3. The summed E-state index contributed by atoms with van der Waals surface area (Å²) in [5.74, 6) is -0.605. The van der Waals surface area contributed by atoms with Gasteiger partial charge in [0.15, 0.2) is 11.6 Å². The summed E-state index contributed by atoms with van der Waals surface area (Å²) < 4.78 is 59.5. The van der Waals surface area contributed by atoms with Crippen LogP contribution < -0.4 is 10.1 Å². The SMILES string of the molecule is CC(C)(C)OC(=O)CC[C@@]1(C(=O)NCc2ccccc2C(F)(F)F)N=C(c2ccc(OCCCO)cc2)O[C@@H]1c1ccc(Br)cc1. The van der Waals surface area contributed by atoms with Crippen LogP contribution in [0.5, 0.6) is 5.75 Å². The lowest BCUT2D eigenvalue weighted by atomic mass is 9.83. The molecule has 12 heteroatoms. The highest BCUT2D eigenvalue weighted by Gasteiger charge is 2.53. The Labute approximate surface area is 274 Å². The molecule has 0 spiro atoms. The molecule has 1 amide bonds. The molecule has 246 valence electrons. The summed E-state index contributed by atoms with van der Waals surface area (Å²) >= 11 is 3.41. The first kappa shape index (κ1) is 35.0. The summed E-state index contributed by atoms with van der Waals surface area (Å²) in [5.41, 5.74) is -2.42. The molecular weight excluding hydrogens is 669 g/mol. The molecular formula is C34H36BrF3N2O6. The Balaban J connectivity index is 1.74. The van der Waals surface area contributed by atoms with Crippen LogP contribution in [0, 0.1) is 0 Å². The Bertz CT molecular complexity index is 1540. The van der Waals surface area contributed by atoms with Crippen molar-refractivity contribution in [1.82, 2.24) is 5.32 Å². The van der Waals surface area contributed by atoms with Crippen LogP contribution in [-0.4, -0.2) is 47.2 Å². The van der Waals surface area contributed by atoms with Crippen molar-refractivity contribution in [3.05, 3.63) is 99.5 Å². The molecule has 2 atom stereocenters. The first-order valence-corrected chi connectivity index (χ1v) is 15.5. The van der Waals surface area contributed by atoms with Gasteiger partial charge in [-0.05, 0) is 80.8 Å². The van der Waals surface area contributed by atoms with Gasteiger partial charge >= 0.3 is 12.1 Å². The van der Waals surface area contributed by atoms with E-state index >= 15 is 0 Å². The van der Waals surface area contributed by atoms with Crippen molar-refractivity contribution in [1.29, 1.82) is 0 Å². The maximum atomic E-state index is 14.2. The van der Waals surface area contributed by atoms with Gasteiger partial charge in [0.2, 0.25) is 5.90 Å². The van der Waals surface area contributed by atoms with Crippen LogP contribution in [-0.2, 0) is 31.8 Å². The van der Waals surface area contributed by atoms with E-state index in [4.69, 9.17) is 24.3 Å². The summed E-state index contributed by atoms with van der Waals surface area (Å²) in [4.78, 5) is 31.9. The summed E-state index contributed by atoms with van der Waals surface area (Å²) in [6.07, 6.45) is -5.55. The predicted molar refractivity (Wildman–Crippen MR) is 169 cm³/mol. The molecule has 1 aliphatic rings. The second-order valence-electron chi connectivity index (χ2n) is 11.8. The minimum absolute atomic E-state index is 0.00456. The van der Waals surface area contributed by atoms with Gasteiger partial charge in [-0.15, -0.1) is 0 Å². The fourth-order valence-corrected chi connectivity index (χ4v) is 5.24. The zero-order chi connectivity index (χ0) is 33.5. The molecule has 46 heavy (non-hydrogen) atoms. The zero-order valence-electron chi connectivity index (χ0n) is 25.7. The number of aliphatic hydroxyl groups excluding tert-OH is 1. The fourth-order valence-electron chi connectivity index (χ4n) is 4.97. The van der Waals surface area contributed by atoms with Gasteiger partial charge in [-0.25, -0.2) is 4.99 Å². The maximum Gasteiger partial charge on any atom is 0.416 e. The second kappa shape index (κ2) is 14.7. The van der Waals surface area contributed by atoms with Crippen LogP contribution in [0.25, 0.3) is 0 Å². The Morgan fingerprint density at radius 1 is 1.02 bits per heavy atom. The summed E-state index contributed by atoms with van der Waals surface area (Å²) in [6.45, 7) is 5.06. The van der Waals surface area contributed by atoms with E-state index in [1.807, 2.05) is 0 Å². The number of aliphatic imine (C=N–C) groups is 1. The lowest BCUT2D eigenvalue weighted by molar-refractivity contribution is -0.155. The largest absolute Gasteiger partial charge is 0.494 e. The quantitative estimate of drug-likeness (QED) is 0.157. The lowest BCUT2D eigenvalue weighted by Gasteiger charge is -2.31. The van der Waals surface area contributed by atoms with Crippen molar-refractivity contribution in [2.75, 3.05) is 13.2 Å². The lowest BCUT2D eigenvalue weighted by Crippen LogP contribution is -2.48. The van der Waals surface area contributed by atoms with Crippen LogP contribution in [0.2, 0.25) is 0 Å². The average Bonchev–Trinajstić information content (AvgIpc) is 3.39. The third-order valence-electron chi connectivity index (χ3n) is 7.10. The van der Waals surface area contributed by atoms with E-state index in [0.29, 0.717) is 29.9 Å². The summed E-state index contributed by atoms with van der Waals surface area (Å²) in [7, 11) is 0. The van der Waals surface area contributed by atoms with Gasteiger partial charge in [0, 0.05) is 36.0 Å². The maximum absolute atomic E-state index is 14.2. The van der Waals surface area contributed by atoms with E-state index in [-0.39, 0.29) is 30.9 Å². The highest BCUT2D eigenvalue weighted by atomic mass is 79.9. The van der Waals surface area contributed by atoms with Crippen molar-refractivity contribution in [2.24, 2.45) is 4.99 Å². The van der Waals surface area contributed by atoms with Gasteiger partial charge in [0.05, 0.1) is 12.2 Å². The highest BCUT2D eigenvalue weighted by Crippen LogP contribution is 2.44. The molecule has 0 radical (unpaired) electrons. The number of benzene rings is 3. The highest BCUT2D eigenvalue weighted by molar-refractivity contribution is 9.10. The number of esters is 1. The molecule has 1 heterocycles. The zero-order valence-corrected chi connectivity index (χ0v) is 27.3. The third-order valence-corrected chi connectivity index (χ3v) is 7.62. The van der Waals surface area contributed by atoms with E-state index in [1.165, 1.54) is 18.2 Å². The Kier molecular flexibility index (Phi) is 11.2. The van der Waals surface area contributed by atoms with Gasteiger partial charge in [0.25, 0.3) is 5.91 Å². The molecule has 0 aromatic heterocycles. The van der Waals surface area contributed by atoms with Gasteiger partial charge in [-0.2, -0.15) is 13.2 Å². The minimum atomic E-state index is -4.62. The van der Waals surface area contributed by atoms with Crippen LogP contribution in [0.4, 0.5) is 13.2 Å². The fraction of sp³-hybridized carbons (Fsp3) is 0.382. The molecule has 0 fully saturated rings. The average molecular weight is 706 g/mol. The van der Waals surface area contributed by atoms with Crippen molar-refractivity contribution < 1.29 is 42.1 Å². The van der Waals surface area contributed by atoms with Crippen molar-refractivity contribution >= 4 is 33.7 Å². The van der Waals surface area contributed by atoms with Gasteiger partial charge in [-0.1, -0.05) is 46.3 Å². The normalized spacial score (nSPS) is 18.0. The molecule has 3 aromatic rings. The number of alkyl halides is 3. The minimum Gasteiger partial charge on any atom is -0.494 e. The number of nitrogens with one attached hydrogen (secondary N) is 1. The van der Waals surface area contributed by atoms with E-state index in [1.54, 1.807) is 69.3 Å². The monoisotopic (exact) mass is 704 g/mol. The van der Waals surface area contributed by atoms with Crippen LogP contribution in [0.1, 0.15) is 68.4 Å². The molecule has 0 unspecified atom stereocenters. The van der Waals surface area contributed by atoms with Crippen molar-refractivity contribution in [3.63, 3.8) is 0 Å². The molecule has 4 rings (SSSR count). The number of hydrogen-bond acceptors (Lipinski definition) is 7. The molecule has 3 aromatic carbocycles. The van der Waals surface area contributed by atoms with Gasteiger partial charge in [0.1, 0.15) is 11.4 Å². The molecule has 0 bridgehead atoms. The Morgan fingerprint density at radius 2 is 1.70 bits per heavy atom. The molecule has 8 nitrogen and oxygen atoms in total. The topological polar surface area (TPSA) is 106 Å². The van der Waals surface area contributed by atoms with Crippen LogP contribution in [0.3, 0.4) is 0 Å². The van der Waals surface area contributed by atoms with E-state index in [0.717, 1.165) is 10.5 Å². The number of rotatable bonds is 12. The summed E-state index contributed by atoms with van der Waals surface area (Å²) in [5, 5.41) is 11.7. The van der Waals surface area contributed by atoms with E-state index in [2.05, 4.69) is 21.2 Å². The molecule has 0 saturated carbocycles. The number of halogens is 4. The molecule has 2 N–H and O–H groups in total. The number of amides is 1. The molecule has 0 aliphatic carbocycles. The first-order valence-electron chi connectivity index (χ1n) is 14.7. The smallest absolute Gasteiger partial charge is 0.416 e. The Morgan fingerprint density at radius 3 is 2.33 bits per heavy atom. The molecule has 1 aliphatic heterocycles.